The number of para-hydroxylation sites is 2. The Morgan fingerprint density at radius 3 is 2.61 bits per heavy atom. The number of nitrogen functional groups attached to an aromatic ring is 1. The van der Waals surface area contributed by atoms with Gasteiger partial charge >= 0.3 is 0 Å². The van der Waals surface area contributed by atoms with Crippen LogP contribution in [-0.4, -0.2) is 55.5 Å². The maximum atomic E-state index is 10.6. The predicted molar refractivity (Wildman–Crippen MR) is 70.4 cm³/mol. The molecule has 0 bridgehead atoms. The van der Waals surface area contributed by atoms with Crippen LogP contribution in [0.1, 0.15) is 0 Å². The highest BCUT2D eigenvalue weighted by Gasteiger charge is 2.14. The number of nitrogens with zero attached hydrogens (tertiary/aromatic N) is 2. The van der Waals surface area contributed by atoms with Crippen LogP contribution in [0.2, 0.25) is 0 Å². The summed E-state index contributed by atoms with van der Waals surface area (Å²) in [5, 5.41) is 0. The molecule has 1 saturated heterocycles. The second-order valence-electron chi connectivity index (χ2n) is 4.37. The zero-order chi connectivity index (χ0) is 12.8. The molecule has 1 fully saturated rings. The predicted octanol–water partition coefficient (Wildman–Crippen LogP) is 0.422. The van der Waals surface area contributed by atoms with Gasteiger partial charge in [-0.15, -0.1) is 0 Å². The van der Waals surface area contributed by atoms with Gasteiger partial charge in [0.2, 0.25) is 6.41 Å². The van der Waals surface area contributed by atoms with E-state index in [4.69, 9.17) is 10.5 Å². The molecular formula is C13H19N3O2. The Kier molecular flexibility index (Phi) is 4.41. The van der Waals surface area contributed by atoms with Crippen LogP contribution in [0.15, 0.2) is 24.3 Å². The van der Waals surface area contributed by atoms with Crippen molar-refractivity contribution in [2.24, 2.45) is 0 Å². The summed E-state index contributed by atoms with van der Waals surface area (Å²) < 4.78 is 5.64. The number of anilines is 1. The molecule has 1 heterocycles. The van der Waals surface area contributed by atoms with Gasteiger partial charge < -0.3 is 15.4 Å². The van der Waals surface area contributed by atoms with E-state index in [2.05, 4.69) is 4.90 Å². The van der Waals surface area contributed by atoms with Gasteiger partial charge in [0.1, 0.15) is 12.4 Å². The molecule has 1 aromatic carbocycles. The Labute approximate surface area is 107 Å². The molecule has 0 aromatic heterocycles. The number of hydrogen-bond donors (Lipinski definition) is 1. The smallest absolute Gasteiger partial charge is 0.209 e. The summed E-state index contributed by atoms with van der Waals surface area (Å²) in [5.41, 5.74) is 6.46. The van der Waals surface area contributed by atoms with E-state index in [-0.39, 0.29) is 0 Å². The molecule has 1 amide bonds. The number of ether oxygens (including phenoxy) is 1. The molecule has 5 nitrogen and oxygen atoms in total. The van der Waals surface area contributed by atoms with Crippen LogP contribution in [0.25, 0.3) is 0 Å². The number of benzene rings is 1. The highest BCUT2D eigenvalue weighted by Crippen LogP contribution is 2.19. The average molecular weight is 249 g/mol. The fourth-order valence-electron chi connectivity index (χ4n) is 1.99. The van der Waals surface area contributed by atoms with Crippen molar-refractivity contribution >= 4 is 12.1 Å². The third kappa shape index (κ3) is 3.37. The van der Waals surface area contributed by atoms with Crippen LogP contribution in [0.3, 0.4) is 0 Å². The highest BCUT2D eigenvalue weighted by molar-refractivity contribution is 5.51. The van der Waals surface area contributed by atoms with Crippen LogP contribution in [-0.2, 0) is 4.79 Å². The van der Waals surface area contributed by atoms with Gasteiger partial charge in [-0.05, 0) is 12.1 Å². The maximum Gasteiger partial charge on any atom is 0.209 e. The number of rotatable bonds is 5. The lowest BCUT2D eigenvalue weighted by molar-refractivity contribution is -0.119. The van der Waals surface area contributed by atoms with Gasteiger partial charge in [0, 0.05) is 32.7 Å². The molecule has 0 spiro atoms. The van der Waals surface area contributed by atoms with Gasteiger partial charge in [-0.3, -0.25) is 9.69 Å². The lowest BCUT2D eigenvalue weighted by atomic mass is 10.3. The molecule has 2 N–H and O–H groups in total. The Morgan fingerprint density at radius 1 is 1.22 bits per heavy atom. The molecule has 0 radical (unpaired) electrons. The Hall–Kier alpha value is -1.75. The Balaban J connectivity index is 1.70. The van der Waals surface area contributed by atoms with Gasteiger partial charge in [-0.25, -0.2) is 0 Å². The van der Waals surface area contributed by atoms with Crippen molar-refractivity contribution in [1.29, 1.82) is 0 Å². The number of carbonyl (C=O) groups is 1. The molecule has 2 rings (SSSR count). The standard InChI is InChI=1S/C13H19N3O2/c14-12-3-1-2-4-13(12)18-10-9-15-5-7-16(11-17)8-6-15/h1-4,11H,5-10,14H2. The first-order valence-electron chi connectivity index (χ1n) is 6.18. The fraction of sp³-hybridized carbons (Fsp3) is 0.462. The molecule has 5 heteroatoms. The van der Waals surface area contributed by atoms with Crippen LogP contribution < -0.4 is 10.5 Å². The summed E-state index contributed by atoms with van der Waals surface area (Å²) in [6, 6.07) is 7.51. The SMILES string of the molecule is Nc1ccccc1OCCN1CCN(C=O)CC1. The minimum absolute atomic E-state index is 0.620. The summed E-state index contributed by atoms with van der Waals surface area (Å²) in [6.45, 7) is 4.91. The molecule has 0 aliphatic carbocycles. The van der Waals surface area contributed by atoms with Gasteiger partial charge in [0.25, 0.3) is 0 Å². The summed E-state index contributed by atoms with van der Waals surface area (Å²) in [6.07, 6.45) is 0.915. The summed E-state index contributed by atoms with van der Waals surface area (Å²) >= 11 is 0. The van der Waals surface area contributed by atoms with Crippen LogP contribution in [0, 0.1) is 0 Å². The lowest BCUT2D eigenvalue weighted by Gasteiger charge is -2.32. The minimum Gasteiger partial charge on any atom is -0.490 e. The summed E-state index contributed by atoms with van der Waals surface area (Å²) in [4.78, 5) is 14.7. The first-order chi connectivity index (χ1) is 8.79. The number of piperazine rings is 1. The van der Waals surface area contributed by atoms with Gasteiger partial charge in [-0.1, -0.05) is 12.1 Å². The van der Waals surface area contributed by atoms with Crippen molar-refractivity contribution in [3.05, 3.63) is 24.3 Å². The number of nitrogens with two attached hydrogens (primary N) is 1. The number of hydrogen-bond acceptors (Lipinski definition) is 4. The van der Waals surface area contributed by atoms with Crippen LogP contribution in [0.5, 0.6) is 5.75 Å². The topological polar surface area (TPSA) is 58.8 Å². The zero-order valence-corrected chi connectivity index (χ0v) is 10.4. The highest BCUT2D eigenvalue weighted by atomic mass is 16.5. The van der Waals surface area contributed by atoms with Crippen molar-refractivity contribution in [3.8, 4) is 5.75 Å². The van der Waals surface area contributed by atoms with Crippen LogP contribution >= 0.6 is 0 Å². The van der Waals surface area contributed by atoms with Crippen LogP contribution in [0.4, 0.5) is 5.69 Å². The number of carbonyl (C=O) groups excluding carboxylic acids is 1. The van der Waals surface area contributed by atoms with Crippen molar-refractivity contribution in [3.63, 3.8) is 0 Å². The minimum atomic E-state index is 0.620. The molecule has 18 heavy (non-hydrogen) atoms. The van der Waals surface area contributed by atoms with Crippen molar-refractivity contribution in [1.82, 2.24) is 9.80 Å². The molecular weight excluding hydrogens is 230 g/mol. The van der Waals surface area contributed by atoms with E-state index in [1.54, 1.807) is 4.90 Å². The van der Waals surface area contributed by atoms with E-state index in [1.807, 2.05) is 24.3 Å². The molecule has 1 aromatic rings. The zero-order valence-electron chi connectivity index (χ0n) is 10.4. The van der Waals surface area contributed by atoms with E-state index in [0.717, 1.165) is 44.9 Å². The normalized spacial score (nSPS) is 16.6. The average Bonchev–Trinajstić information content (AvgIpc) is 2.42. The van der Waals surface area contributed by atoms with Gasteiger partial charge in [-0.2, -0.15) is 0 Å². The number of amides is 1. The lowest BCUT2D eigenvalue weighted by Crippen LogP contribution is -2.46. The molecule has 0 saturated carbocycles. The fourth-order valence-corrected chi connectivity index (χ4v) is 1.99. The first-order valence-corrected chi connectivity index (χ1v) is 6.18. The second-order valence-corrected chi connectivity index (χ2v) is 4.37. The molecule has 0 atom stereocenters. The van der Waals surface area contributed by atoms with Gasteiger partial charge in [0.15, 0.2) is 0 Å². The van der Waals surface area contributed by atoms with Crippen molar-refractivity contribution < 1.29 is 9.53 Å². The maximum absolute atomic E-state index is 10.6. The van der Waals surface area contributed by atoms with E-state index in [0.29, 0.717) is 12.3 Å². The van der Waals surface area contributed by atoms with E-state index in [1.165, 1.54) is 0 Å². The third-order valence-electron chi connectivity index (χ3n) is 3.14. The van der Waals surface area contributed by atoms with Crippen molar-refractivity contribution in [2.75, 3.05) is 45.1 Å². The second kappa shape index (κ2) is 6.26. The first kappa shape index (κ1) is 12.7. The van der Waals surface area contributed by atoms with E-state index in [9.17, 15) is 4.79 Å². The molecule has 1 aliphatic heterocycles. The molecule has 98 valence electrons. The quantitative estimate of drug-likeness (QED) is 0.607. The molecule has 0 unspecified atom stereocenters. The Morgan fingerprint density at radius 2 is 1.94 bits per heavy atom. The summed E-state index contributed by atoms with van der Waals surface area (Å²) in [5.74, 6) is 0.740. The molecule has 1 aliphatic rings. The van der Waals surface area contributed by atoms with Gasteiger partial charge in [0.05, 0.1) is 5.69 Å². The summed E-state index contributed by atoms with van der Waals surface area (Å²) in [7, 11) is 0. The van der Waals surface area contributed by atoms with E-state index < -0.39 is 0 Å². The monoisotopic (exact) mass is 249 g/mol. The third-order valence-corrected chi connectivity index (χ3v) is 3.14. The van der Waals surface area contributed by atoms with Crippen molar-refractivity contribution in [2.45, 2.75) is 0 Å². The van der Waals surface area contributed by atoms with E-state index >= 15 is 0 Å². The Bertz CT molecular complexity index is 390. The largest absolute Gasteiger partial charge is 0.490 e.